The highest BCUT2D eigenvalue weighted by Gasteiger charge is 2.14. The van der Waals surface area contributed by atoms with Crippen molar-refractivity contribution in [1.29, 1.82) is 0 Å². The Kier molecular flexibility index (Phi) is 4.90. The number of carbonyl (C=O) groups excluding carboxylic acids is 1. The van der Waals surface area contributed by atoms with E-state index >= 15 is 0 Å². The van der Waals surface area contributed by atoms with E-state index in [1.165, 1.54) is 0 Å². The van der Waals surface area contributed by atoms with Crippen LogP contribution in [-0.2, 0) is 0 Å². The molecule has 0 saturated carbocycles. The first-order valence-electron chi connectivity index (χ1n) is 7.38. The van der Waals surface area contributed by atoms with Crippen molar-refractivity contribution in [2.75, 3.05) is 11.9 Å². The highest BCUT2D eigenvalue weighted by Crippen LogP contribution is 2.23. The second-order valence-electron chi connectivity index (χ2n) is 4.92. The van der Waals surface area contributed by atoms with Gasteiger partial charge in [-0.1, -0.05) is 28.1 Å². The third-order valence-corrected chi connectivity index (χ3v) is 3.79. The second kappa shape index (κ2) is 7.27. The van der Waals surface area contributed by atoms with Crippen molar-refractivity contribution in [1.82, 2.24) is 15.2 Å². The predicted molar refractivity (Wildman–Crippen MR) is 95.1 cm³/mol. The summed E-state index contributed by atoms with van der Waals surface area (Å²) in [5.74, 6) is 0.0841. The lowest BCUT2D eigenvalue weighted by atomic mass is 10.1. The molecule has 0 unspecified atom stereocenters. The first kappa shape index (κ1) is 16.2. The summed E-state index contributed by atoms with van der Waals surface area (Å²) in [7, 11) is 0. The number of hydrogen-bond donors (Lipinski definition) is 2. The molecule has 0 bridgehead atoms. The van der Waals surface area contributed by atoms with Gasteiger partial charge < -0.3 is 10.1 Å². The Bertz CT molecular complexity index is 846. The molecule has 122 valence electrons. The number of pyridine rings is 1. The molecule has 3 rings (SSSR count). The number of amides is 1. The van der Waals surface area contributed by atoms with E-state index in [1.807, 2.05) is 31.2 Å². The van der Waals surface area contributed by atoms with Gasteiger partial charge in [0.05, 0.1) is 12.3 Å². The zero-order chi connectivity index (χ0) is 16.9. The number of halogens is 1. The fraction of sp³-hybridized carbons (Fsp3) is 0.118. The molecule has 24 heavy (non-hydrogen) atoms. The van der Waals surface area contributed by atoms with E-state index in [9.17, 15) is 4.79 Å². The van der Waals surface area contributed by atoms with Gasteiger partial charge in [0.2, 0.25) is 5.88 Å². The molecular weight excluding hydrogens is 372 g/mol. The van der Waals surface area contributed by atoms with Crippen LogP contribution in [0.15, 0.2) is 53.1 Å². The fourth-order valence-corrected chi connectivity index (χ4v) is 2.40. The summed E-state index contributed by atoms with van der Waals surface area (Å²) in [6.45, 7) is 2.33. The Morgan fingerprint density at radius 3 is 2.83 bits per heavy atom. The van der Waals surface area contributed by atoms with E-state index in [0.717, 1.165) is 10.0 Å². The van der Waals surface area contributed by atoms with E-state index in [-0.39, 0.29) is 5.91 Å². The number of rotatable bonds is 5. The van der Waals surface area contributed by atoms with Crippen LogP contribution >= 0.6 is 15.9 Å². The minimum absolute atomic E-state index is 0.306. The first-order chi connectivity index (χ1) is 11.7. The van der Waals surface area contributed by atoms with Gasteiger partial charge in [-0.05, 0) is 37.3 Å². The number of anilines is 1. The third kappa shape index (κ3) is 3.62. The zero-order valence-corrected chi connectivity index (χ0v) is 14.5. The summed E-state index contributed by atoms with van der Waals surface area (Å²) in [5, 5.41) is 9.73. The number of aromatic nitrogens is 3. The van der Waals surface area contributed by atoms with Crippen LogP contribution in [0.25, 0.3) is 11.3 Å². The Balaban J connectivity index is 1.78. The smallest absolute Gasteiger partial charge is 0.273 e. The zero-order valence-electron chi connectivity index (χ0n) is 12.9. The molecule has 0 fully saturated rings. The van der Waals surface area contributed by atoms with Crippen LogP contribution in [0.5, 0.6) is 5.88 Å². The van der Waals surface area contributed by atoms with Gasteiger partial charge in [-0.15, -0.1) is 0 Å². The van der Waals surface area contributed by atoms with Crippen molar-refractivity contribution in [2.45, 2.75) is 6.92 Å². The van der Waals surface area contributed by atoms with Gasteiger partial charge in [-0.3, -0.25) is 9.89 Å². The van der Waals surface area contributed by atoms with Crippen molar-refractivity contribution < 1.29 is 9.53 Å². The Morgan fingerprint density at radius 2 is 2.08 bits per heavy atom. The number of nitrogens with one attached hydrogen (secondary N) is 2. The fourth-order valence-electron chi connectivity index (χ4n) is 2.13. The number of nitrogens with zero attached hydrogens (tertiary/aromatic N) is 2. The summed E-state index contributed by atoms with van der Waals surface area (Å²) in [6.07, 6.45) is 1.61. The van der Waals surface area contributed by atoms with E-state index in [4.69, 9.17) is 4.74 Å². The summed E-state index contributed by atoms with van der Waals surface area (Å²) >= 11 is 3.39. The Labute approximate surface area is 147 Å². The first-order valence-corrected chi connectivity index (χ1v) is 8.17. The molecular formula is C17H15BrN4O2. The number of ether oxygens (including phenoxy) is 1. The number of hydrogen-bond acceptors (Lipinski definition) is 4. The standard InChI is InChI=1S/C17H15BrN4O2/c1-2-24-17-13(4-3-9-19-17)20-16(23)15-10-14(21-22-15)11-5-7-12(18)8-6-11/h3-10H,2H2,1H3,(H,20,23)(H,21,22). The molecule has 2 heterocycles. The van der Waals surface area contributed by atoms with Crippen LogP contribution in [0.3, 0.4) is 0 Å². The van der Waals surface area contributed by atoms with Crippen LogP contribution in [0.2, 0.25) is 0 Å². The summed E-state index contributed by atoms with van der Waals surface area (Å²) in [5.41, 5.74) is 2.50. The molecule has 6 nitrogen and oxygen atoms in total. The molecule has 0 radical (unpaired) electrons. The molecule has 1 amide bonds. The van der Waals surface area contributed by atoms with Crippen LogP contribution in [-0.4, -0.2) is 27.7 Å². The average Bonchev–Trinajstić information content (AvgIpc) is 3.08. The lowest BCUT2D eigenvalue weighted by Gasteiger charge is -2.08. The van der Waals surface area contributed by atoms with Gasteiger partial charge >= 0.3 is 0 Å². The van der Waals surface area contributed by atoms with E-state index in [1.54, 1.807) is 24.4 Å². The van der Waals surface area contributed by atoms with Gasteiger partial charge in [0.25, 0.3) is 5.91 Å². The molecule has 1 aromatic carbocycles. The molecule has 3 aromatic rings. The summed E-state index contributed by atoms with van der Waals surface area (Å²) < 4.78 is 6.39. The molecule has 0 aliphatic carbocycles. The van der Waals surface area contributed by atoms with Crippen molar-refractivity contribution >= 4 is 27.5 Å². The normalized spacial score (nSPS) is 10.4. The third-order valence-electron chi connectivity index (χ3n) is 3.26. The van der Waals surface area contributed by atoms with Gasteiger partial charge in [-0.2, -0.15) is 5.10 Å². The van der Waals surface area contributed by atoms with Crippen molar-refractivity contribution in [3.8, 4) is 17.1 Å². The van der Waals surface area contributed by atoms with Crippen molar-refractivity contribution in [2.24, 2.45) is 0 Å². The van der Waals surface area contributed by atoms with Gasteiger partial charge in [0.1, 0.15) is 11.4 Å². The van der Waals surface area contributed by atoms with Crippen molar-refractivity contribution in [3.05, 3.63) is 58.8 Å². The molecule has 0 saturated heterocycles. The predicted octanol–water partition coefficient (Wildman–Crippen LogP) is 3.89. The maximum Gasteiger partial charge on any atom is 0.273 e. The maximum absolute atomic E-state index is 12.4. The monoisotopic (exact) mass is 386 g/mol. The minimum atomic E-state index is -0.306. The molecule has 0 aliphatic heterocycles. The van der Waals surface area contributed by atoms with Crippen molar-refractivity contribution in [3.63, 3.8) is 0 Å². The van der Waals surface area contributed by atoms with Crippen LogP contribution in [0.4, 0.5) is 5.69 Å². The van der Waals surface area contributed by atoms with Gasteiger partial charge in [0.15, 0.2) is 0 Å². The molecule has 2 N–H and O–H groups in total. The highest BCUT2D eigenvalue weighted by molar-refractivity contribution is 9.10. The van der Waals surface area contributed by atoms with Gasteiger partial charge in [-0.25, -0.2) is 4.98 Å². The summed E-state index contributed by atoms with van der Waals surface area (Å²) in [6, 6.07) is 12.9. The van der Waals surface area contributed by atoms with E-state index in [2.05, 4.69) is 36.4 Å². The van der Waals surface area contributed by atoms with Crippen LogP contribution < -0.4 is 10.1 Å². The van der Waals surface area contributed by atoms with Crippen LogP contribution in [0, 0.1) is 0 Å². The lowest BCUT2D eigenvalue weighted by Crippen LogP contribution is -2.13. The largest absolute Gasteiger partial charge is 0.476 e. The highest BCUT2D eigenvalue weighted by atomic mass is 79.9. The number of H-pyrrole nitrogens is 1. The van der Waals surface area contributed by atoms with E-state index in [0.29, 0.717) is 29.6 Å². The number of aromatic amines is 1. The average molecular weight is 387 g/mol. The molecule has 0 atom stereocenters. The quantitative estimate of drug-likeness (QED) is 0.696. The maximum atomic E-state index is 12.4. The molecule has 0 spiro atoms. The lowest BCUT2D eigenvalue weighted by molar-refractivity contribution is 0.102. The number of benzene rings is 1. The second-order valence-corrected chi connectivity index (χ2v) is 5.83. The topological polar surface area (TPSA) is 79.9 Å². The summed E-state index contributed by atoms with van der Waals surface area (Å²) in [4.78, 5) is 16.5. The Morgan fingerprint density at radius 1 is 1.29 bits per heavy atom. The molecule has 0 aliphatic rings. The van der Waals surface area contributed by atoms with E-state index < -0.39 is 0 Å². The molecule has 2 aromatic heterocycles. The SMILES string of the molecule is CCOc1ncccc1NC(=O)c1cc(-c2ccc(Br)cc2)n[nH]1. The minimum Gasteiger partial charge on any atom is -0.476 e. The number of carbonyl (C=O) groups is 1. The Hall–Kier alpha value is -2.67. The van der Waals surface area contributed by atoms with Crippen LogP contribution in [0.1, 0.15) is 17.4 Å². The molecule has 7 heteroatoms. The van der Waals surface area contributed by atoms with Gasteiger partial charge in [0, 0.05) is 16.2 Å².